The predicted octanol–water partition coefficient (Wildman–Crippen LogP) is 5.35. The zero-order valence-electron chi connectivity index (χ0n) is 20.5. The Balaban J connectivity index is 1.06. The van der Waals surface area contributed by atoms with Crippen LogP contribution in [0.4, 0.5) is 5.69 Å². The van der Waals surface area contributed by atoms with E-state index in [0.29, 0.717) is 13.1 Å². The summed E-state index contributed by atoms with van der Waals surface area (Å²) < 4.78 is 2.05. The topological polar surface area (TPSA) is 54.3 Å². The lowest BCUT2D eigenvalue weighted by Crippen LogP contribution is -2.49. The summed E-state index contributed by atoms with van der Waals surface area (Å²) >= 11 is 6.37. The molecule has 1 amide bonds. The molecule has 0 atom stereocenters. The smallest absolute Gasteiger partial charge is 0.253 e. The fourth-order valence-corrected chi connectivity index (χ4v) is 8.25. The number of anilines is 1. The van der Waals surface area contributed by atoms with Gasteiger partial charge in [0, 0.05) is 37.2 Å². The van der Waals surface area contributed by atoms with Crippen molar-refractivity contribution in [2.24, 2.45) is 17.8 Å². The number of rotatable bonds is 4. The Morgan fingerprint density at radius 1 is 0.861 bits per heavy atom. The molecule has 0 spiro atoms. The molecule has 2 aromatic carbocycles. The van der Waals surface area contributed by atoms with Crippen LogP contribution in [0.5, 0.6) is 0 Å². The van der Waals surface area contributed by atoms with Crippen molar-refractivity contribution in [2.45, 2.75) is 43.9 Å². The number of hydrogen-bond donors (Lipinski definition) is 0. The second kappa shape index (κ2) is 8.62. The predicted molar refractivity (Wildman–Crippen MR) is 141 cm³/mol. The fourth-order valence-electron chi connectivity index (χ4n) is 8.00. The summed E-state index contributed by atoms with van der Waals surface area (Å²) in [7, 11) is 0. The summed E-state index contributed by atoms with van der Waals surface area (Å²) in [4.78, 5) is 17.4. The molecule has 1 aromatic heterocycles. The number of halogens is 1. The molecule has 36 heavy (non-hydrogen) atoms. The maximum absolute atomic E-state index is 13.3. The zero-order chi connectivity index (χ0) is 24.3. The molecular weight excluding hydrogens is 470 g/mol. The molecule has 0 radical (unpaired) electrons. The number of carbonyl (C=O) groups excluding carboxylic acids is 1. The lowest BCUT2D eigenvalue weighted by molar-refractivity contribution is -0.00828. The number of hydrogen-bond acceptors (Lipinski definition) is 4. The van der Waals surface area contributed by atoms with Crippen LogP contribution in [0.3, 0.4) is 0 Å². The number of amides is 1. The van der Waals surface area contributed by atoms with Crippen molar-refractivity contribution in [1.82, 2.24) is 19.9 Å². The van der Waals surface area contributed by atoms with E-state index in [-0.39, 0.29) is 11.3 Å². The van der Waals surface area contributed by atoms with Gasteiger partial charge in [-0.3, -0.25) is 4.79 Å². The Kier molecular flexibility index (Phi) is 5.35. The normalized spacial score (nSPS) is 29.1. The van der Waals surface area contributed by atoms with E-state index >= 15 is 0 Å². The highest BCUT2D eigenvalue weighted by Gasteiger charge is 2.53. The highest BCUT2D eigenvalue weighted by Crippen LogP contribution is 2.60. The van der Waals surface area contributed by atoms with Crippen LogP contribution in [0, 0.1) is 17.8 Å². The van der Waals surface area contributed by atoms with Gasteiger partial charge in [-0.05, 0) is 92.7 Å². The first kappa shape index (κ1) is 22.3. The third-order valence-corrected chi connectivity index (χ3v) is 9.57. The third-order valence-electron chi connectivity index (χ3n) is 9.25. The minimum absolute atomic E-state index is 0.0836. The first-order valence-electron chi connectivity index (χ1n) is 13.4. The van der Waals surface area contributed by atoms with Crippen molar-refractivity contribution in [3.05, 3.63) is 71.0 Å². The third kappa shape index (κ3) is 3.73. The largest absolute Gasteiger partial charge is 0.367 e. The molecule has 1 saturated heterocycles. The molecule has 4 aliphatic carbocycles. The van der Waals surface area contributed by atoms with Crippen molar-refractivity contribution in [2.75, 3.05) is 31.1 Å². The summed E-state index contributed by atoms with van der Waals surface area (Å²) in [6.45, 7) is 2.93. The lowest BCUT2D eigenvalue weighted by atomic mass is 9.49. The molecule has 5 aliphatic rings. The SMILES string of the molecule is O=C(c1ccc(-n2nncc2C23CC4CC(CC(C4)C2)C3)cc1)N1CCN(c2ccccc2Cl)CC1. The van der Waals surface area contributed by atoms with E-state index in [1.54, 1.807) is 0 Å². The highest BCUT2D eigenvalue weighted by molar-refractivity contribution is 6.33. The molecular formula is C29H32ClN5O. The highest BCUT2D eigenvalue weighted by atomic mass is 35.5. The second-order valence-electron chi connectivity index (χ2n) is 11.5. The summed E-state index contributed by atoms with van der Waals surface area (Å²) in [6.07, 6.45) is 10.1. The van der Waals surface area contributed by atoms with Gasteiger partial charge in [-0.1, -0.05) is 28.9 Å². The average molecular weight is 502 g/mol. The Morgan fingerprint density at radius 2 is 1.50 bits per heavy atom. The van der Waals surface area contributed by atoms with Crippen LogP contribution in [-0.4, -0.2) is 52.0 Å². The van der Waals surface area contributed by atoms with Gasteiger partial charge < -0.3 is 9.80 Å². The molecule has 6 nitrogen and oxygen atoms in total. The fraction of sp³-hybridized carbons (Fsp3) is 0.483. The van der Waals surface area contributed by atoms with Crippen LogP contribution < -0.4 is 4.90 Å². The second-order valence-corrected chi connectivity index (χ2v) is 11.9. The molecule has 4 bridgehead atoms. The Morgan fingerprint density at radius 3 is 2.14 bits per heavy atom. The molecule has 3 aromatic rings. The lowest BCUT2D eigenvalue weighted by Gasteiger charge is -2.56. The first-order valence-corrected chi connectivity index (χ1v) is 13.8. The first-order chi connectivity index (χ1) is 17.6. The van der Waals surface area contributed by atoms with E-state index < -0.39 is 0 Å². The minimum atomic E-state index is 0.0836. The molecule has 4 saturated carbocycles. The Hall–Kier alpha value is -2.86. The quantitative estimate of drug-likeness (QED) is 0.483. The molecule has 2 heterocycles. The number of aromatic nitrogens is 3. The Bertz CT molecular complexity index is 1240. The van der Waals surface area contributed by atoms with Crippen molar-refractivity contribution in [3.8, 4) is 5.69 Å². The average Bonchev–Trinajstić information content (AvgIpc) is 3.39. The van der Waals surface area contributed by atoms with Gasteiger partial charge in [0.15, 0.2) is 0 Å². The number of carbonyl (C=O) groups is 1. The molecule has 1 aliphatic heterocycles. The van der Waals surface area contributed by atoms with Gasteiger partial charge in [0.2, 0.25) is 0 Å². The van der Waals surface area contributed by atoms with Crippen molar-refractivity contribution < 1.29 is 4.79 Å². The van der Waals surface area contributed by atoms with E-state index in [4.69, 9.17) is 11.6 Å². The van der Waals surface area contributed by atoms with Crippen LogP contribution in [0.25, 0.3) is 5.69 Å². The molecule has 0 unspecified atom stereocenters. The summed E-state index contributed by atoms with van der Waals surface area (Å²) in [5.41, 5.74) is 4.27. The van der Waals surface area contributed by atoms with E-state index in [0.717, 1.165) is 52.8 Å². The number of para-hydroxylation sites is 1. The van der Waals surface area contributed by atoms with Crippen LogP contribution in [0.2, 0.25) is 5.02 Å². The van der Waals surface area contributed by atoms with Crippen LogP contribution in [0.1, 0.15) is 54.6 Å². The maximum Gasteiger partial charge on any atom is 0.253 e. The van der Waals surface area contributed by atoms with E-state index in [1.165, 1.54) is 44.2 Å². The van der Waals surface area contributed by atoms with Crippen molar-refractivity contribution in [1.29, 1.82) is 0 Å². The summed E-state index contributed by atoms with van der Waals surface area (Å²) in [5, 5.41) is 9.61. The van der Waals surface area contributed by atoms with Gasteiger partial charge in [-0.15, -0.1) is 5.10 Å². The van der Waals surface area contributed by atoms with Gasteiger partial charge >= 0.3 is 0 Å². The van der Waals surface area contributed by atoms with Crippen LogP contribution in [0.15, 0.2) is 54.7 Å². The molecule has 7 heteroatoms. The van der Waals surface area contributed by atoms with E-state index in [2.05, 4.69) is 15.2 Å². The van der Waals surface area contributed by atoms with Crippen LogP contribution in [-0.2, 0) is 5.41 Å². The molecule has 186 valence electrons. The van der Waals surface area contributed by atoms with Gasteiger partial charge in [-0.2, -0.15) is 0 Å². The Labute approximate surface area is 217 Å². The number of nitrogens with zero attached hydrogens (tertiary/aromatic N) is 5. The van der Waals surface area contributed by atoms with E-state index in [1.807, 2.05) is 64.3 Å². The number of piperazine rings is 1. The van der Waals surface area contributed by atoms with Gasteiger partial charge in [-0.25, -0.2) is 4.68 Å². The van der Waals surface area contributed by atoms with Crippen molar-refractivity contribution >= 4 is 23.2 Å². The summed E-state index contributed by atoms with van der Waals surface area (Å²) in [5.74, 6) is 2.70. The van der Waals surface area contributed by atoms with Crippen LogP contribution >= 0.6 is 11.6 Å². The molecule has 0 N–H and O–H groups in total. The van der Waals surface area contributed by atoms with Gasteiger partial charge in [0.05, 0.1) is 28.3 Å². The maximum atomic E-state index is 13.3. The number of benzene rings is 2. The molecule has 8 rings (SSSR count). The monoisotopic (exact) mass is 501 g/mol. The van der Waals surface area contributed by atoms with Crippen molar-refractivity contribution in [3.63, 3.8) is 0 Å². The van der Waals surface area contributed by atoms with E-state index in [9.17, 15) is 4.79 Å². The summed E-state index contributed by atoms with van der Waals surface area (Å²) in [6, 6.07) is 15.9. The van der Waals surface area contributed by atoms with Gasteiger partial charge in [0.25, 0.3) is 5.91 Å². The standard InChI is InChI=1S/C29H32ClN5O/c30-25-3-1-2-4-26(25)33-9-11-34(12-10-33)28(36)23-5-7-24(8-6-23)35-27(19-31-32-35)29-16-20-13-21(17-29)15-22(14-20)18-29/h1-8,19-22H,9-18H2. The molecule has 5 fully saturated rings. The van der Waals surface area contributed by atoms with Gasteiger partial charge in [0.1, 0.15) is 0 Å². The minimum Gasteiger partial charge on any atom is -0.367 e. The zero-order valence-corrected chi connectivity index (χ0v) is 21.3.